The second kappa shape index (κ2) is 6.21. The largest absolute Gasteiger partial charge is 0.388 e. The van der Waals surface area contributed by atoms with Crippen molar-refractivity contribution in [1.82, 2.24) is 10.2 Å². The Morgan fingerprint density at radius 2 is 2.17 bits per heavy atom. The first-order chi connectivity index (χ1) is 11.7. The molecule has 3 heteroatoms. The Labute approximate surface area is 143 Å². The van der Waals surface area contributed by atoms with Crippen molar-refractivity contribution < 1.29 is 5.11 Å². The van der Waals surface area contributed by atoms with Gasteiger partial charge in [0.1, 0.15) is 0 Å². The summed E-state index contributed by atoms with van der Waals surface area (Å²) in [6, 6.07) is 10.1. The van der Waals surface area contributed by atoms with Crippen LogP contribution in [0.2, 0.25) is 0 Å². The number of rotatable bonds is 4. The highest BCUT2D eigenvalue weighted by molar-refractivity contribution is 5.58. The van der Waals surface area contributed by atoms with Crippen molar-refractivity contribution in [2.24, 2.45) is 11.3 Å². The summed E-state index contributed by atoms with van der Waals surface area (Å²) in [5.74, 6) is 0.638. The number of aliphatic hydroxyl groups excluding tert-OH is 1. The van der Waals surface area contributed by atoms with Crippen LogP contribution in [0.25, 0.3) is 6.08 Å². The third-order valence-electron chi connectivity index (χ3n) is 6.23. The van der Waals surface area contributed by atoms with Gasteiger partial charge in [0, 0.05) is 0 Å². The summed E-state index contributed by atoms with van der Waals surface area (Å²) in [5, 5.41) is 17.9. The average molecular weight is 322 g/mol. The fraction of sp³-hybridized carbons (Fsp3) is 0.476. The second-order valence-corrected chi connectivity index (χ2v) is 7.67. The van der Waals surface area contributed by atoms with Gasteiger partial charge in [-0.25, -0.2) is 0 Å². The van der Waals surface area contributed by atoms with Gasteiger partial charge in [-0.3, -0.25) is 5.10 Å². The molecule has 3 nitrogen and oxygen atoms in total. The Morgan fingerprint density at radius 3 is 3.00 bits per heavy atom. The van der Waals surface area contributed by atoms with Gasteiger partial charge >= 0.3 is 0 Å². The normalized spacial score (nSPS) is 27.1. The number of fused-ring (bicyclic) bond motifs is 2. The van der Waals surface area contributed by atoms with Gasteiger partial charge in [0.25, 0.3) is 0 Å². The summed E-state index contributed by atoms with van der Waals surface area (Å²) in [6.07, 6.45) is 10.7. The standard InChI is InChI=1S/C21H26N2O/c1-21-13-16-14-22-23-19(16)12-18(21)9-5-8-17(21)10-11-20(24)15-6-3-2-4-7-15/h2-4,6-7,12,14,17,20,24H,5,8-11,13H2,1H3,(H,22,23)/t17?,20-,21-/m1/s1. The van der Waals surface area contributed by atoms with Crippen molar-refractivity contribution >= 4 is 6.08 Å². The predicted molar refractivity (Wildman–Crippen MR) is 96.4 cm³/mol. The number of nitrogens with zero attached hydrogens (tertiary/aromatic N) is 1. The Hall–Kier alpha value is -1.87. The molecule has 24 heavy (non-hydrogen) atoms. The molecule has 0 spiro atoms. The molecule has 2 aromatic rings. The Balaban J connectivity index is 1.50. The van der Waals surface area contributed by atoms with Crippen LogP contribution in [0.4, 0.5) is 0 Å². The summed E-state index contributed by atoms with van der Waals surface area (Å²) in [4.78, 5) is 0. The number of hydrogen-bond acceptors (Lipinski definition) is 2. The lowest BCUT2D eigenvalue weighted by Crippen LogP contribution is -2.37. The molecule has 2 aliphatic carbocycles. The van der Waals surface area contributed by atoms with Crippen LogP contribution in [0.15, 0.2) is 42.1 Å². The first-order valence-electron chi connectivity index (χ1n) is 9.13. The van der Waals surface area contributed by atoms with Gasteiger partial charge in [0.2, 0.25) is 0 Å². The molecule has 2 aliphatic rings. The summed E-state index contributed by atoms with van der Waals surface area (Å²) < 4.78 is 0. The molecule has 0 amide bonds. The fourth-order valence-electron chi connectivity index (χ4n) is 4.72. The van der Waals surface area contributed by atoms with Crippen molar-refractivity contribution in [1.29, 1.82) is 0 Å². The number of H-pyrrole nitrogens is 1. The van der Waals surface area contributed by atoms with Gasteiger partial charge in [-0.1, -0.05) is 42.8 Å². The molecule has 1 fully saturated rings. The maximum Gasteiger partial charge on any atom is 0.0790 e. The molecule has 1 saturated carbocycles. The molecule has 126 valence electrons. The van der Waals surface area contributed by atoms with Crippen LogP contribution < -0.4 is 0 Å². The van der Waals surface area contributed by atoms with Crippen molar-refractivity contribution in [2.75, 3.05) is 0 Å². The van der Waals surface area contributed by atoms with Crippen molar-refractivity contribution in [3.05, 3.63) is 58.9 Å². The highest BCUT2D eigenvalue weighted by atomic mass is 16.3. The number of aliphatic hydroxyl groups is 1. The zero-order valence-electron chi connectivity index (χ0n) is 14.3. The fourth-order valence-corrected chi connectivity index (χ4v) is 4.72. The van der Waals surface area contributed by atoms with E-state index in [9.17, 15) is 5.11 Å². The Morgan fingerprint density at radius 1 is 1.33 bits per heavy atom. The van der Waals surface area contributed by atoms with Crippen LogP contribution in [-0.2, 0) is 6.42 Å². The third kappa shape index (κ3) is 2.71. The van der Waals surface area contributed by atoms with Crippen LogP contribution in [0.3, 0.4) is 0 Å². The summed E-state index contributed by atoms with van der Waals surface area (Å²) in [7, 11) is 0. The van der Waals surface area contributed by atoms with Crippen LogP contribution >= 0.6 is 0 Å². The van der Waals surface area contributed by atoms with E-state index < -0.39 is 0 Å². The summed E-state index contributed by atoms with van der Waals surface area (Å²) >= 11 is 0. The van der Waals surface area contributed by atoms with Crippen molar-refractivity contribution in [2.45, 2.75) is 51.6 Å². The molecule has 1 unspecified atom stereocenters. The van der Waals surface area contributed by atoms with E-state index in [1.54, 1.807) is 5.57 Å². The van der Waals surface area contributed by atoms with Gasteiger partial charge < -0.3 is 5.11 Å². The van der Waals surface area contributed by atoms with Crippen LogP contribution in [-0.4, -0.2) is 15.3 Å². The first-order valence-corrected chi connectivity index (χ1v) is 9.13. The zero-order chi connectivity index (χ0) is 16.6. The van der Waals surface area contributed by atoms with Crippen LogP contribution in [0, 0.1) is 11.3 Å². The van der Waals surface area contributed by atoms with E-state index >= 15 is 0 Å². The lowest BCUT2D eigenvalue weighted by Gasteiger charge is -2.46. The molecule has 2 N–H and O–H groups in total. The number of aromatic nitrogens is 2. The number of aromatic amines is 1. The van der Waals surface area contributed by atoms with Crippen LogP contribution in [0.5, 0.6) is 0 Å². The molecule has 0 saturated heterocycles. The minimum absolute atomic E-state index is 0.228. The third-order valence-corrected chi connectivity index (χ3v) is 6.23. The van der Waals surface area contributed by atoms with E-state index in [1.165, 1.54) is 30.5 Å². The summed E-state index contributed by atoms with van der Waals surface area (Å²) in [6.45, 7) is 2.42. The molecular formula is C21H26N2O. The zero-order valence-corrected chi connectivity index (χ0v) is 14.3. The SMILES string of the molecule is C[C@]12Cc3cn[nH]c3C=C1CCCC2CC[C@@H](O)c1ccccc1. The van der Waals surface area contributed by atoms with Gasteiger partial charge in [-0.2, -0.15) is 5.10 Å². The molecule has 0 bridgehead atoms. The molecule has 0 radical (unpaired) electrons. The molecule has 1 heterocycles. The number of benzene rings is 1. The molecule has 3 atom stereocenters. The van der Waals surface area contributed by atoms with E-state index in [0.29, 0.717) is 5.92 Å². The highest BCUT2D eigenvalue weighted by Gasteiger charge is 2.42. The van der Waals surface area contributed by atoms with Crippen molar-refractivity contribution in [3.8, 4) is 0 Å². The van der Waals surface area contributed by atoms with E-state index in [1.807, 2.05) is 36.5 Å². The summed E-state index contributed by atoms with van der Waals surface area (Å²) in [5.41, 5.74) is 5.38. The molecule has 1 aromatic carbocycles. The Kier molecular flexibility index (Phi) is 4.05. The predicted octanol–water partition coefficient (Wildman–Crippen LogP) is 4.67. The van der Waals surface area contributed by atoms with E-state index in [2.05, 4.69) is 23.2 Å². The maximum atomic E-state index is 10.5. The maximum absolute atomic E-state index is 10.5. The first kappa shape index (κ1) is 15.6. The van der Waals surface area contributed by atoms with Gasteiger partial charge in [-0.05, 0) is 67.1 Å². The molecular weight excluding hydrogens is 296 g/mol. The average Bonchev–Trinajstić information content (AvgIpc) is 3.04. The molecule has 0 aliphatic heterocycles. The van der Waals surface area contributed by atoms with Gasteiger partial charge in [-0.15, -0.1) is 0 Å². The van der Waals surface area contributed by atoms with E-state index in [-0.39, 0.29) is 11.5 Å². The number of allylic oxidation sites excluding steroid dienone is 1. The quantitative estimate of drug-likeness (QED) is 0.859. The van der Waals surface area contributed by atoms with Gasteiger partial charge in [0.05, 0.1) is 18.0 Å². The number of hydrogen-bond donors (Lipinski definition) is 2. The number of nitrogens with one attached hydrogen (secondary N) is 1. The highest BCUT2D eigenvalue weighted by Crippen LogP contribution is 2.52. The van der Waals surface area contributed by atoms with E-state index in [0.717, 1.165) is 24.8 Å². The van der Waals surface area contributed by atoms with Crippen molar-refractivity contribution in [3.63, 3.8) is 0 Å². The van der Waals surface area contributed by atoms with Gasteiger partial charge in [0.15, 0.2) is 0 Å². The topological polar surface area (TPSA) is 48.9 Å². The lowest BCUT2D eigenvalue weighted by atomic mass is 9.58. The molecule has 1 aromatic heterocycles. The minimum atomic E-state index is -0.350. The lowest BCUT2D eigenvalue weighted by molar-refractivity contribution is 0.118. The molecule has 4 rings (SSSR count). The van der Waals surface area contributed by atoms with E-state index in [4.69, 9.17) is 0 Å². The Bertz CT molecular complexity index is 733. The van der Waals surface area contributed by atoms with Crippen LogP contribution in [0.1, 0.15) is 62.0 Å². The second-order valence-electron chi connectivity index (χ2n) is 7.67. The monoisotopic (exact) mass is 322 g/mol. The minimum Gasteiger partial charge on any atom is -0.388 e. The smallest absolute Gasteiger partial charge is 0.0790 e.